The number of primary amides is 1. The Morgan fingerprint density at radius 1 is 0.929 bits per heavy atom. The summed E-state index contributed by atoms with van der Waals surface area (Å²) in [6, 6.07) is 19.6. The summed E-state index contributed by atoms with van der Waals surface area (Å²) >= 11 is 0. The Balaban J connectivity index is 1.54. The van der Waals surface area contributed by atoms with E-state index in [1.807, 2.05) is 30.3 Å². The van der Waals surface area contributed by atoms with Crippen LogP contribution in [-0.4, -0.2) is 20.9 Å². The van der Waals surface area contributed by atoms with Crippen LogP contribution >= 0.6 is 0 Å². The van der Waals surface area contributed by atoms with Crippen molar-refractivity contribution in [2.75, 3.05) is 5.32 Å². The average Bonchev–Trinajstić information content (AvgIpc) is 2.72. The molecular formula is C22H19N5O. The molecule has 0 aliphatic carbocycles. The minimum atomic E-state index is -0.502. The molecule has 2 aromatic heterocycles. The first-order valence-electron chi connectivity index (χ1n) is 8.96. The summed E-state index contributed by atoms with van der Waals surface area (Å²) in [5.41, 5.74) is 9.75. The van der Waals surface area contributed by atoms with Gasteiger partial charge in [0.25, 0.3) is 5.91 Å². The number of carbonyl (C=O) groups is 1. The Labute approximate surface area is 162 Å². The van der Waals surface area contributed by atoms with E-state index in [-0.39, 0.29) is 0 Å². The molecule has 0 unspecified atom stereocenters. The molecule has 3 N–H and O–H groups in total. The summed E-state index contributed by atoms with van der Waals surface area (Å²) < 4.78 is 0. The third kappa shape index (κ3) is 3.81. The number of amides is 1. The molecule has 6 heteroatoms. The zero-order chi connectivity index (χ0) is 19.3. The number of para-hydroxylation sites is 1. The molecule has 0 radical (unpaired) electrons. The number of rotatable bonds is 6. The standard InChI is InChI=1S/C22H19N5O/c23-21(28)18-8-4-9-19-20(18)26-14-27-22(19)25-13-16-6-3-5-15(11-16)12-17-7-1-2-10-24-17/h1-11,14H,12-13H2,(H2,23,28)(H,25,26,27). The van der Waals surface area contributed by atoms with E-state index < -0.39 is 5.91 Å². The van der Waals surface area contributed by atoms with Crippen molar-refractivity contribution >= 4 is 22.6 Å². The maximum absolute atomic E-state index is 11.6. The first-order valence-corrected chi connectivity index (χ1v) is 8.96. The Bertz CT molecular complexity index is 1130. The topological polar surface area (TPSA) is 93.8 Å². The number of nitrogens with zero attached hydrogens (tertiary/aromatic N) is 3. The number of anilines is 1. The quantitative estimate of drug-likeness (QED) is 0.544. The molecule has 0 saturated heterocycles. The van der Waals surface area contributed by atoms with E-state index in [4.69, 9.17) is 5.73 Å². The van der Waals surface area contributed by atoms with Crippen LogP contribution in [0.15, 0.2) is 73.2 Å². The van der Waals surface area contributed by atoms with Gasteiger partial charge < -0.3 is 11.1 Å². The van der Waals surface area contributed by atoms with Crippen molar-refractivity contribution in [1.82, 2.24) is 15.0 Å². The van der Waals surface area contributed by atoms with Gasteiger partial charge in [0.1, 0.15) is 12.1 Å². The van der Waals surface area contributed by atoms with Crippen LogP contribution < -0.4 is 11.1 Å². The van der Waals surface area contributed by atoms with Crippen molar-refractivity contribution in [2.24, 2.45) is 5.73 Å². The number of hydrogen-bond donors (Lipinski definition) is 2. The van der Waals surface area contributed by atoms with Crippen molar-refractivity contribution < 1.29 is 4.79 Å². The van der Waals surface area contributed by atoms with Crippen molar-refractivity contribution in [3.05, 3.63) is 95.6 Å². The fourth-order valence-electron chi connectivity index (χ4n) is 3.17. The van der Waals surface area contributed by atoms with Crippen LogP contribution in [0, 0.1) is 0 Å². The summed E-state index contributed by atoms with van der Waals surface area (Å²) in [6.45, 7) is 0.600. The number of hydrogen-bond acceptors (Lipinski definition) is 5. The highest BCUT2D eigenvalue weighted by molar-refractivity contribution is 6.06. The van der Waals surface area contributed by atoms with Crippen molar-refractivity contribution in [3.63, 3.8) is 0 Å². The molecule has 0 saturated carbocycles. The third-order valence-electron chi connectivity index (χ3n) is 4.49. The first-order chi connectivity index (χ1) is 13.7. The molecule has 2 aromatic carbocycles. The molecule has 2 heterocycles. The van der Waals surface area contributed by atoms with Gasteiger partial charge in [-0.1, -0.05) is 36.4 Å². The number of pyridine rings is 1. The molecular weight excluding hydrogens is 350 g/mol. The van der Waals surface area contributed by atoms with Crippen LogP contribution in [0.2, 0.25) is 0 Å². The predicted octanol–water partition coefficient (Wildman–Crippen LogP) is 3.33. The normalized spacial score (nSPS) is 10.7. The smallest absolute Gasteiger partial charge is 0.250 e. The van der Waals surface area contributed by atoms with Gasteiger partial charge in [-0.25, -0.2) is 9.97 Å². The highest BCUT2D eigenvalue weighted by Crippen LogP contribution is 2.22. The van der Waals surface area contributed by atoms with Crippen LogP contribution in [0.5, 0.6) is 0 Å². The molecule has 0 aliphatic heterocycles. The van der Waals surface area contributed by atoms with Gasteiger partial charge >= 0.3 is 0 Å². The lowest BCUT2D eigenvalue weighted by atomic mass is 10.1. The number of aromatic nitrogens is 3. The average molecular weight is 369 g/mol. The van der Waals surface area contributed by atoms with Crippen LogP contribution in [0.25, 0.3) is 10.9 Å². The van der Waals surface area contributed by atoms with Crippen molar-refractivity contribution in [2.45, 2.75) is 13.0 Å². The number of nitrogens with two attached hydrogens (primary N) is 1. The van der Waals surface area contributed by atoms with Crippen LogP contribution in [-0.2, 0) is 13.0 Å². The third-order valence-corrected chi connectivity index (χ3v) is 4.49. The van der Waals surface area contributed by atoms with Gasteiger partial charge in [0.05, 0.1) is 11.1 Å². The van der Waals surface area contributed by atoms with E-state index in [0.717, 1.165) is 23.1 Å². The first kappa shape index (κ1) is 17.6. The molecule has 0 fully saturated rings. The van der Waals surface area contributed by atoms with Crippen LogP contribution in [0.4, 0.5) is 5.82 Å². The maximum Gasteiger partial charge on any atom is 0.250 e. The van der Waals surface area contributed by atoms with Gasteiger partial charge in [-0.2, -0.15) is 0 Å². The Morgan fingerprint density at radius 3 is 2.61 bits per heavy atom. The molecule has 0 spiro atoms. The van der Waals surface area contributed by atoms with E-state index in [2.05, 4.69) is 38.5 Å². The van der Waals surface area contributed by atoms with Gasteiger partial charge in [-0.15, -0.1) is 0 Å². The second-order valence-corrected chi connectivity index (χ2v) is 6.46. The monoisotopic (exact) mass is 369 g/mol. The highest BCUT2D eigenvalue weighted by Gasteiger charge is 2.11. The minimum Gasteiger partial charge on any atom is -0.366 e. The molecule has 138 valence electrons. The largest absolute Gasteiger partial charge is 0.366 e. The predicted molar refractivity (Wildman–Crippen MR) is 109 cm³/mol. The van der Waals surface area contributed by atoms with E-state index in [0.29, 0.717) is 23.4 Å². The Hall–Kier alpha value is -3.80. The number of nitrogens with one attached hydrogen (secondary N) is 1. The molecule has 0 atom stereocenters. The molecule has 4 rings (SSSR count). The van der Waals surface area contributed by atoms with E-state index >= 15 is 0 Å². The molecule has 1 amide bonds. The summed E-state index contributed by atoms with van der Waals surface area (Å²) in [6.07, 6.45) is 4.03. The lowest BCUT2D eigenvalue weighted by Crippen LogP contribution is -2.12. The Kier molecular flexibility index (Phi) is 4.93. The summed E-state index contributed by atoms with van der Waals surface area (Å²) in [5.74, 6) is 0.167. The zero-order valence-electron chi connectivity index (χ0n) is 15.2. The second kappa shape index (κ2) is 7.84. The van der Waals surface area contributed by atoms with E-state index in [1.165, 1.54) is 11.9 Å². The SMILES string of the molecule is NC(=O)c1cccc2c(NCc3cccc(Cc4ccccn4)c3)ncnc12. The van der Waals surface area contributed by atoms with Gasteiger partial charge in [0, 0.05) is 30.2 Å². The second-order valence-electron chi connectivity index (χ2n) is 6.46. The fraction of sp³-hybridized carbons (Fsp3) is 0.0909. The number of fused-ring (bicyclic) bond motifs is 1. The van der Waals surface area contributed by atoms with Gasteiger partial charge in [-0.05, 0) is 35.4 Å². The summed E-state index contributed by atoms with van der Waals surface area (Å²) in [4.78, 5) is 24.6. The minimum absolute atomic E-state index is 0.389. The summed E-state index contributed by atoms with van der Waals surface area (Å²) in [5, 5.41) is 4.11. The van der Waals surface area contributed by atoms with Gasteiger partial charge in [0.2, 0.25) is 0 Å². The molecule has 0 bridgehead atoms. The number of carbonyl (C=O) groups excluding carboxylic acids is 1. The molecule has 0 aliphatic rings. The van der Waals surface area contributed by atoms with Crippen molar-refractivity contribution in [1.29, 1.82) is 0 Å². The molecule has 28 heavy (non-hydrogen) atoms. The lowest BCUT2D eigenvalue weighted by Gasteiger charge is -2.10. The van der Waals surface area contributed by atoms with Crippen LogP contribution in [0.1, 0.15) is 27.2 Å². The fourth-order valence-corrected chi connectivity index (χ4v) is 3.17. The summed E-state index contributed by atoms with van der Waals surface area (Å²) in [7, 11) is 0. The lowest BCUT2D eigenvalue weighted by molar-refractivity contribution is 0.100. The molecule has 6 nitrogen and oxygen atoms in total. The Morgan fingerprint density at radius 2 is 1.79 bits per heavy atom. The molecule has 4 aromatic rings. The maximum atomic E-state index is 11.6. The van der Waals surface area contributed by atoms with Gasteiger partial charge in [-0.3, -0.25) is 9.78 Å². The van der Waals surface area contributed by atoms with E-state index in [1.54, 1.807) is 18.3 Å². The van der Waals surface area contributed by atoms with E-state index in [9.17, 15) is 4.79 Å². The number of benzene rings is 2. The zero-order valence-corrected chi connectivity index (χ0v) is 15.2. The highest BCUT2D eigenvalue weighted by atomic mass is 16.1. The van der Waals surface area contributed by atoms with Gasteiger partial charge in [0.15, 0.2) is 0 Å². The van der Waals surface area contributed by atoms with Crippen molar-refractivity contribution in [3.8, 4) is 0 Å². The van der Waals surface area contributed by atoms with Crippen LogP contribution in [0.3, 0.4) is 0 Å².